The maximum Gasteiger partial charge on any atom is 0.222 e. The smallest absolute Gasteiger partial charge is 0.222 e. The zero-order valence-corrected chi connectivity index (χ0v) is 11.1. The molecular formula is C15H22N2O. The van der Waals surface area contributed by atoms with Crippen molar-refractivity contribution in [2.24, 2.45) is 11.7 Å². The number of nitrogens with one attached hydrogen (secondary N) is 1. The Morgan fingerprint density at radius 1 is 1.44 bits per heavy atom. The summed E-state index contributed by atoms with van der Waals surface area (Å²) in [5, 5.41) is 3.04. The van der Waals surface area contributed by atoms with Gasteiger partial charge in [-0.3, -0.25) is 4.79 Å². The van der Waals surface area contributed by atoms with E-state index in [4.69, 9.17) is 5.73 Å². The molecule has 1 aliphatic rings. The molecule has 0 unspecified atom stereocenters. The second-order valence-corrected chi connectivity index (χ2v) is 5.36. The Hall–Kier alpha value is -1.35. The molecule has 0 saturated heterocycles. The molecule has 0 bridgehead atoms. The van der Waals surface area contributed by atoms with Gasteiger partial charge in [0.05, 0.1) is 0 Å². The predicted octanol–water partition coefficient (Wildman–Crippen LogP) is 2.30. The molecule has 1 saturated carbocycles. The van der Waals surface area contributed by atoms with E-state index in [0.29, 0.717) is 18.4 Å². The Balaban J connectivity index is 1.88. The molecule has 0 spiro atoms. The molecule has 3 nitrogen and oxygen atoms in total. The molecule has 1 fully saturated rings. The Labute approximate surface area is 109 Å². The maximum atomic E-state index is 11.9. The van der Waals surface area contributed by atoms with Gasteiger partial charge in [0.2, 0.25) is 5.91 Å². The minimum absolute atomic E-state index is 0.0603. The summed E-state index contributed by atoms with van der Waals surface area (Å²) in [5.41, 5.74) is 8.31. The highest BCUT2D eigenvalue weighted by Gasteiger charge is 2.29. The van der Waals surface area contributed by atoms with Crippen LogP contribution in [0.4, 0.5) is 0 Å². The van der Waals surface area contributed by atoms with E-state index in [1.165, 1.54) is 12.8 Å². The van der Waals surface area contributed by atoms with Gasteiger partial charge in [-0.1, -0.05) is 24.3 Å². The lowest BCUT2D eigenvalue weighted by Gasteiger charge is -2.17. The number of hydrogen-bond acceptors (Lipinski definition) is 2. The third-order valence-electron chi connectivity index (χ3n) is 3.71. The van der Waals surface area contributed by atoms with E-state index in [9.17, 15) is 4.79 Å². The highest BCUT2D eigenvalue weighted by molar-refractivity contribution is 5.77. The third-order valence-corrected chi connectivity index (χ3v) is 3.71. The number of carbonyl (C=O) groups is 1. The van der Waals surface area contributed by atoms with Crippen LogP contribution in [0, 0.1) is 12.8 Å². The molecule has 2 rings (SSSR count). The van der Waals surface area contributed by atoms with Crippen LogP contribution in [0.5, 0.6) is 0 Å². The minimum atomic E-state index is -0.211. The SMILES string of the molecule is Cc1ccccc1[C@@H](N)CC(=O)N[C@H](C)C1CC1. The quantitative estimate of drug-likeness (QED) is 0.837. The number of benzene rings is 1. The number of carbonyl (C=O) groups excluding carboxylic acids is 1. The molecule has 3 heteroatoms. The minimum Gasteiger partial charge on any atom is -0.353 e. The fraction of sp³-hybridized carbons (Fsp3) is 0.533. The highest BCUT2D eigenvalue weighted by Crippen LogP contribution is 2.32. The zero-order valence-electron chi connectivity index (χ0n) is 11.1. The van der Waals surface area contributed by atoms with E-state index < -0.39 is 0 Å². The van der Waals surface area contributed by atoms with E-state index >= 15 is 0 Å². The summed E-state index contributed by atoms with van der Waals surface area (Å²) in [6.45, 7) is 4.11. The van der Waals surface area contributed by atoms with Crippen LogP contribution >= 0.6 is 0 Å². The van der Waals surface area contributed by atoms with Gasteiger partial charge in [0.1, 0.15) is 0 Å². The topological polar surface area (TPSA) is 55.1 Å². The van der Waals surface area contributed by atoms with Crippen molar-refractivity contribution in [1.82, 2.24) is 5.32 Å². The molecule has 1 aliphatic carbocycles. The van der Waals surface area contributed by atoms with E-state index in [-0.39, 0.29) is 11.9 Å². The van der Waals surface area contributed by atoms with Crippen molar-refractivity contribution in [2.75, 3.05) is 0 Å². The van der Waals surface area contributed by atoms with E-state index in [2.05, 4.69) is 12.2 Å². The van der Waals surface area contributed by atoms with Crippen molar-refractivity contribution >= 4 is 5.91 Å². The predicted molar refractivity (Wildman–Crippen MR) is 73.1 cm³/mol. The van der Waals surface area contributed by atoms with Gasteiger partial charge >= 0.3 is 0 Å². The van der Waals surface area contributed by atoms with Gasteiger partial charge in [-0.05, 0) is 43.7 Å². The molecule has 2 atom stereocenters. The van der Waals surface area contributed by atoms with E-state index in [1.54, 1.807) is 0 Å². The van der Waals surface area contributed by atoms with Crippen molar-refractivity contribution in [2.45, 2.75) is 45.2 Å². The molecule has 18 heavy (non-hydrogen) atoms. The highest BCUT2D eigenvalue weighted by atomic mass is 16.1. The molecule has 0 radical (unpaired) electrons. The largest absolute Gasteiger partial charge is 0.353 e. The van der Waals surface area contributed by atoms with Crippen LogP contribution in [0.3, 0.4) is 0 Å². The lowest BCUT2D eigenvalue weighted by molar-refractivity contribution is -0.122. The average Bonchev–Trinajstić information content (AvgIpc) is 3.12. The fourth-order valence-corrected chi connectivity index (χ4v) is 2.34. The van der Waals surface area contributed by atoms with Gasteiger partial charge in [0.25, 0.3) is 0 Å². The normalized spacial score (nSPS) is 18.2. The summed E-state index contributed by atoms with van der Waals surface area (Å²) in [6.07, 6.45) is 2.85. The maximum absolute atomic E-state index is 11.9. The molecule has 98 valence electrons. The summed E-state index contributed by atoms with van der Waals surface area (Å²) in [7, 11) is 0. The van der Waals surface area contributed by atoms with Crippen molar-refractivity contribution in [3.8, 4) is 0 Å². The molecule has 0 aromatic heterocycles. The van der Waals surface area contributed by atoms with E-state index in [1.807, 2.05) is 31.2 Å². The molecule has 1 amide bonds. The van der Waals surface area contributed by atoms with Crippen molar-refractivity contribution in [1.29, 1.82) is 0 Å². The molecular weight excluding hydrogens is 224 g/mol. The van der Waals surface area contributed by atoms with Crippen LogP contribution in [0.2, 0.25) is 0 Å². The summed E-state index contributed by atoms with van der Waals surface area (Å²) in [5.74, 6) is 0.744. The fourth-order valence-electron chi connectivity index (χ4n) is 2.34. The molecule has 0 aliphatic heterocycles. The first kappa shape index (κ1) is 13.1. The first-order valence-electron chi connectivity index (χ1n) is 6.68. The van der Waals surface area contributed by atoms with Crippen molar-refractivity contribution < 1.29 is 4.79 Å². The Bertz CT molecular complexity index is 426. The van der Waals surface area contributed by atoms with Crippen LogP contribution in [0.15, 0.2) is 24.3 Å². The third kappa shape index (κ3) is 3.33. The number of hydrogen-bond donors (Lipinski definition) is 2. The van der Waals surface area contributed by atoms with Crippen LogP contribution in [-0.4, -0.2) is 11.9 Å². The second-order valence-electron chi connectivity index (χ2n) is 5.36. The van der Waals surface area contributed by atoms with Gasteiger partial charge in [0.15, 0.2) is 0 Å². The second kappa shape index (κ2) is 5.53. The summed E-state index contributed by atoms with van der Waals surface area (Å²) in [4.78, 5) is 11.9. The van der Waals surface area contributed by atoms with Crippen molar-refractivity contribution in [3.63, 3.8) is 0 Å². The average molecular weight is 246 g/mol. The number of nitrogens with two attached hydrogens (primary N) is 1. The monoisotopic (exact) mass is 246 g/mol. The summed E-state index contributed by atoms with van der Waals surface area (Å²) in [6, 6.07) is 8.06. The Morgan fingerprint density at radius 3 is 2.72 bits per heavy atom. The molecule has 0 heterocycles. The number of amides is 1. The van der Waals surface area contributed by atoms with Gasteiger partial charge in [0, 0.05) is 18.5 Å². The summed E-state index contributed by atoms with van der Waals surface area (Å²) < 4.78 is 0. The Morgan fingerprint density at radius 2 is 2.11 bits per heavy atom. The standard InChI is InChI=1S/C15H22N2O/c1-10-5-3-4-6-13(10)14(16)9-15(18)17-11(2)12-7-8-12/h3-6,11-12,14H,7-9,16H2,1-2H3,(H,17,18)/t11-,14+/m1/s1. The van der Waals surface area contributed by atoms with Gasteiger partial charge in [-0.25, -0.2) is 0 Å². The molecule has 1 aromatic carbocycles. The summed E-state index contributed by atoms with van der Waals surface area (Å²) >= 11 is 0. The van der Waals surface area contributed by atoms with Crippen LogP contribution in [-0.2, 0) is 4.79 Å². The van der Waals surface area contributed by atoms with Crippen LogP contribution in [0.25, 0.3) is 0 Å². The van der Waals surface area contributed by atoms with Crippen LogP contribution < -0.4 is 11.1 Å². The Kier molecular flexibility index (Phi) is 4.02. The molecule has 1 aromatic rings. The van der Waals surface area contributed by atoms with Gasteiger partial charge in [-0.2, -0.15) is 0 Å². The first-order chi connectivity index (χ1) is 8.58. The van der Waals surface area contributed by atoms with Gasteiger partial charge < -0.3 is 11.1 Å². The molecule has 3 N–H and O–H groups in total. The van der Waals surface area contributed by atoms with Crippen LogP contribution in [0.1, 0.15) is 43.4 Å². The number of aryl methyl sites for hydroxylation is 1. The van der Waals surface area contributed by atoms with E-state index in [0.717, 1.165) is 11.1 Å². The lowest BCUT2D eigenvalue weighted by Crippen LogP contribution is -2.35. The number of rotatable bonds is 5. The first-order valence-corrected chi connectivity index (χ1v) is 6.68. The lowest BCUT2D eigenvalue weighted by atomic mass is 9.99. The van der Waals surface area contributed by atoms with Gasteiger partial charge in [-0.15, -0.1) is 0 Å². The van der Waals surface area contributed by atoms with Crippen molar-refractivity contribution in [3.05, 3.63) is 35.4 Å². The zero-order chi connectivity index (χ0) is 13.1.